The first kappa shape index (κ1) is 8.70. The largest absolute Gasteiger partial charge is 0.327 e. The van der Waals surface area contributed by atoms with Crippen molar-refractivity contribution in [2.24, 2.45) is 11.1 Å². The van der Waals surface area contributed by atoms with Crippen LogP contribution in [0, 0.1) is 5.41 Å². The van der Waals surface area contributed by atoms with Crippen molar-refractivity contribution in [1.82, 2.24) is 0 Å². The van der Waals surface area contributed by atoms with Crippen LogP contribution in [0.1, 0.15) is 27.2 Å². The van der Waals surface area contributed by atoms with Gasteiger partial charge in [-0.3, -0.25) is 0 Å². The molecule has 0 saturated carbocycles. The minimum absolute atomic E-state index is 0.210. The number of rotatable bonds is 3. The molecule has 9 heavy (non-hydrogen) atoms. The minimum atomic E-state index is 0.210. The molecule has 0 saturated heterocycles. The van der Waals surface area contributed by atoms with Crippen LogP contribution in [0.4, 0.5) is 0 Å². The van der Waals surface area contributed by atoms with Crippen LogP contribution < -0.4 is 5.73 Å². The van der Waals surface area contributed by atoms with E-state index in [0.717, 1.165) is 6.42 Å². The van der Waals surface area contributed by atoms with Gasteiger partial charge in [0, 0.05) is 6.04 Å². The lowest BCUT2D eigenvalue weighted by atomic mass is 9.83. The van der Waals surface area contributed by atoms with E-state index in [1.54, 1.807) is 0 Å². The zero-order chi connectivity index (χ0) is 7.49. The van der Waals surface area contributed by atoms with Crippen molar-refractivity contribution < 1.29 is 0 Å². The van der Waals surface area contributed by atoms with Crippen LogP contribution in [0.5, 0.6) is 0 Å². The van der Waals surface area contributed by atoms with Crippen molar-refractivity contribution in [2.75, 3.05) is 0 Å². The van der Waals surface area contributed by atoms with Crippen LogP contribution in [-0.4, -0.2) is 6.04 Å². The third-order valence-corrected chi connectivity index (χ3v) is 1.90. The molecule has 0 aromatic heterocycles. The third-order valence-electron chi connectivity index (χ3n) is 1.90. The zero-order valence-electron chi connectivity index (χ0n) is 6.65. The molecule has 0 aromatic carbocycles. The summed E-state index contributed by atoms with van der Waals surface area (Å²) in [5.74, 6) is 0. The van der Waals surface area contributed by atoms with Crippen molar-refractivity contribution in [2.45, 2.75) is 33.2 Å². The maximum absolute atomic E-state index is 5.71. The van der Waals surface area contributed by atoms with Crippen LogP contribution in [-0.2, 0) is 0 Å². The quantitative estimate of drug-likeness (QED) is 0.576. The van der Waals surface area contributed by atoms with Crippen LogP contribution in [0.15, 0.2) is 12.7 Å². The fourth-order valence-electron chi connectivity index (χ4n) is 0.558. The van der Waals surface area contributed by atoms with Gasteiger partial charge in [-0.05, 0) is 18.8 Å². The highest BCUT2D eigenvalue weighted by molar-refractivity contribution is 4.84. The first-order chi connectivity index (χ1) is 4.00. The molecule has 0 aromatic rings. The molecule has 0 unspecified atom stereocenters. The second-order valence-electron chi connectivity index (χ2n) is 3.27. The Hall–Kier alpha value is -0.300. The fourth-order valence-corrected chi connectivity index (χ4v) is 0.558. The van der Waals surface area contributed by atoms with Crippen molar-refractivity contribution >= 4 is 0 Å². The average Bonchev–Trinajstić information content (AvgIpc) is 1.65. The van der Waals surface area contributed by atoms with Gasteiger partial charge < -0.3 is 5.73 Å². The predicted octanol–water partition coefficient (Wildman–Crippen LogP) is 1.94. The number of nitrogens with two attached hydrogens (primary N) is 1. The van der Waals surface area contributed by atoms with E-state index in [1.165, 1.54) is 0 Å². The Bertz CT molecular complexity index is 92.7. The molecule has 0 aliphatic rings. The molecule has 0 heterocycles. The first-order valence-electron chi connectivity index (χ1n) is 3.37. The summed E-state index contributed by atoms with van der Waals surface area (Å²) in [6.45, 7) is 10.0. The average molecular weight is 127 g/mol. The molecule has 0 radical (unpaired) electrons. The topological polar surface area (TPSA) is 26.0 Å². The molecule has 0 bridgehead atoms. The summed E-state index contributed by atoms with van der Waals surface area (Å²) in [6.07, 6.45) is 2.91. The van der Waals surface area contributed by atoms with Gasteiger partial charge in [-0.15, -0.1) is 6.58 Å². The highest BCUT2D eigenvalue weighted by atomic mass is 14.7. The second-order valence-corrected chi connectivity index (χ2v) is 3.27. The van der Waals surface area contributed by atoms with Crippen molar-refractivity contribution in [3.8, 4) is 0 Å². The van der Waals surface area contributed by atoms with Gasteiger partial charge >= 0.3 is 0 Å². The van der Waals surface area contributed by atoms with E-state index in [1.807, 2.05) is 13.0 Å². The summed E-state index contributed by atoms with van der Waals surface area (Å²) in [4.78, 5) is 0. The molecule has 54 valence electrons. The van der Waals surface area contributed by atoms with Crippen LogP contribution in [0.25, 0.3) is 0 Å². The van der Waals surface area contributed by atoms with Gasteiger partial charge in [0.05, 0.1) is 0 Å². The SMILES string of the molecule is C=CCC(C)(C)[C@H](C)N. The summed E-state index contributed by atoms with van der Waals surface area (Å²) in [6, 6.07) is 0.246. The minimum Gasteiger partial charge on any atom is -0.327 e. The van der Waals surface area contributed by atoms with E-state index in [4.69, 9.17) is 5.73 Å². The Morgan fingerprint density at radius 2 is 2.11 bits per heavy atom. The van der Waals surface area contributed by atoms with Gasteiger partial charge in [0.15, 0.2) is 0 Å². The smallest absolute Gasteiger partial charge is 0.00647 e. The van der Waals surface area contributed by atoms with E-state index < -0.39 is 0 Å². The number of hydrogen-bond acceptors (Lipinski definition) is 1. The number of allylic oxidation sites excluding steroid dienone is 1. The molecule has 1 nitrogen and oxygen atoms in total. The Balaban J connectivity index is 3.84. The highest BCUT2D eigenvalue weighted by Gasteiger charge is 2.20. The van der Waals surface area contributed by atoms with Crippen molar-refractivity contribution in [1.29, 1.82) is 0 Å². The third kappa shape index (κ3) is 2.66. The van der Waals surface area contributed by atoms with Crippen LogP contribution in [0.2, 0.25) is 0 Å². The standard InChI is InChI=1S/C8H17N/c1-5-6-8(3,4)7(2)9/h5,7H,1,6,9H2,2-4H3/t7-/m0/s1. The number of hydrogen-bond donors (Lipinski definition) is 1. The fraction of sp³-hybridized carbons (Fsp3) is 0.750. The Morgan fingerprint density at radius 3 is 2.22 bits per heavy atom. The molecule has 0 fully saturated rings. The van der Waals surface area contributed by atoms with Gasteiger partial charge in [0.25, 0.3) is 0 Å². The molecule has 0 amide bonds. The monoisotopic (exact) mass is 127 g/mol. The molecule has 1 heteroatoms. The van der Waals surface area contributed by atoms with E-state index in [9.17, 15) is 0 Å². The van der Waals surface area contributed by atoms with E-state index >= 15 is 0 Å². The van der Waals surface area contributed by atoms with Gasteiger partial charge in [-0.25, -0.2) is 0 Å². The molecule has 0 aliphatic heterocycles. The summed E-state index contributed by atoms with van der Waals surface area (Å²) >= 11 is 0. The van der Waals surface area contributed by atoms with E-state index in [0.29, 0.717) is 0 Å². The van der Waals surface area contributed by atoms with E-state index in [2.05, 4.69) is 20.4 Å². The maximum Gasteiger partial charge on any atom is 0.00647 e. The molecular weight excluding hydrogens is 110 g/mol. The van der Waals surface area contributed by atoms with E-state index in [-0.39, 0.29) is 11.5 Å². The molecule has 0 spiro atoms. The van der Waals surface area contributed by atoms with Crippen LogP contribution in [0.3, 0.4) is 0 Å². The molecule has 1 atom stereocenters. The van der Waals surface area contributed by atoms with Crippen LogP contribution >= 0.6 is 0 Å². The van der Waals surface area contributed by atoms with Gasteiger partial charge in [0.2, 0.25) is 0 Å². The highest BCUT2D eigenvalue weighted by Crippen LogP contribution is 2.23. The summed E-state index contributed by atoms with van der Waals surface area (Å²) in [5, 5.41) is 0. The Morgan fingerprint density at radius 1 is 1.67 bits per heavy atom. The van der Waals surface area contributed by atoms with Gasteiger partial charge in [0.1, 0.15) is 0 Å². The Labute approximate surface area is 57.9 Å². The Kier molecular flexibility index (Phi) is 2.92. The lowest BCUT2D eigenvalue weighted by Gasteiger charge is -2.27. The lowest BCUT2D eigenvalue weighted by molar-refractivity contribution is 0.306. The predicted molar refractivity (Wildman–Crippen MR) is 42.2 cm³/mol. The molecule has 0 rings (SSSR count). The molecule has 0 aliphatic carbocycles. The van der Waals surface area contributed by atoms with Crippen molar-refractivity contribution in [3.63, 3.8) is 0 Å². The zero-order valence-corrected chi connectivity index (χ0v) is 6.65. The molecule has 2 N–H and O–H groups in total. The molecular formula is C8H17N. The van der Waals surface area contributed by atoms with Crippen molar-refractivity contribution in [3.05, 3.63) is 12.7 Å². The lowest BCUT2D eigenvalue weighted by Crippen LogP contribution is -2.33. The maximum atomic E-state index is 5.71. The van der Waals surface area contributed by atoms with Gasteiger partial charge in [-0.1, -0.05) is 19.9 Å². The second kappa shape index (κ2) is 3.02. The normalized spacial score (nSPS) is 15.1. The summed E-state index contributed by atoms with van der Waals surface area (Å²) in [7, 11) is 0. The summed E-state index contributed by atoms with van der Waals surface area (Å²) in [5.41, 5.74) is 5.92. The van der Waals surface area contributed by atoms with Gasteiger partial charge in [-0.2, -0.15) is 0 Å². The summed E-state index contributed by atoms with van der Waals surface area (Å²) < 4.78 is 0. The first-order valence-corrected chi connectivity index (χ1v) is 3.37.